The number of para-hydroxylation sites is 1. The second-order valence-electron chi connectivity index (χ2n) is 4.40. The van der Waals surface area contributed by atoms with E-state index in [-0.39, 0.29) is 0 Å². The first-order chi connectivity index (χ1) is 8.35. The van der Waals surface area contributed by atoms with Gasteiger partial charge in [-0.15, -0.1) is 0 Å². The van der Waals surface area contributed by atoms with E-state index in [1.807, 2.05) is 0 Å². The molecule has 17 heavy (non-hydrogen) atoms. The van der Waals surface area contributed by atoms with Crippen molar-refractivity contribution >= 4 is 5.69 Å². The maximum Gasteiger partial charge on any atom is 0.0635 e. The van der Waals surface area contributed by atoms with E-state index in [1.54, 1.807) is 0 Å². The number of hydrogen-bond acceptors (Lipinski definition) is 3. The Labute approximate surface area is 103 Å². The van der Waals surface area contributed by atoms with Crippen LogP contribution in [0.1, 0.15) is 24.5 Å². The van der Waals surface area contributed by atoms with Crippen molar-refractivity contribution in [3.05, 3.63) is 29.3 Å². The quantitative estimate of drug-likeness (QED) is 0.842. The molecule has 1 aromatic rings. The molecule has 1 N–H and O–H groups in total. The number of hydrogen-bond donors (Lipinski definition) is 1. The van der Waals surface area contributed by atoms with Crippen LogP contribution in [-0.4, -0.2) is 24.5 Å². The molecule has 2 rings (SSSR count). The third-order valence-electron chi connectivity index (χ3n) is 3.31. The fraction of sp³-hybridized carbons (Fsp3) is 0.500. The fourth-order valence-electron chi connectivity index (χ4n) is 2.34. The molecule has 0 unspecified atom stereocenters. The van der Waals surface area contributed by atoms with E-state index in [4.69, 9.17) is 5.26 Å². The summed E-state index contributed by atoms with van der Waals surface area (Å²) in [5, 5.41) is 12.1. The molecule has 1 aliphatic heterocycles. The molecule has 1 aliphatic rings. The van der Waals surface area contributed by atoms with Crippen molar-refractivity contribution in [2.75, 3.05) is 25.0 Å². The third kappa shape index (κ3) is 2.78. The normalized spacial score (nSPS) is 13.2. The number of benzene rings is 1. The van der Waals surface area contributed by atoms with E-state index in [9.17, 15) is 0 Å². The van der Waals surface area contributed by atoms with Crippen molar-refractivity contribution in [3.8, 4) is 6.07 Å². The van der Waals surface area contributed by atoms with Gasteiger partial charge in [0.05, 0.1) is 6.07 Å². The fourth-order valence-corrected chi connectivity index (χ4v) is 2.34. The summed E-state index contributed by atoms with van der Waals surface area (Å²) in [4.78, 5) is 2.32. The van der Waals surface area contributed by atoms with Gasteiger partial charge in [-0.25, -0.2) is 0 Å². The van der Waals surface area contributed by atoms with Crippen LogP contribution >= 0.6 is 0 Å². The van der Waals surface area contributed by atoms with Crippen LogP contribution in [0.4, 0.5) is 5.69 Å². The van der Waals surface area contributed by atoms with Crippen LogP contribution in [0.5, 0.6) is 0 Å². The molecule has 3 nitrogen and oxygen atoms in total. The summed E-state index contributed by atoms with van der Waals surface area (Å²) in [7, 11) is 0. The van der Waals surface area contributed by atoms with Crippen LogP contribution in [-0.2, 0) is 13.0 Å². The first-order valence-electron chi connectivity index (χ1n) is 6.29. The number of anilines is 1. The van der Waals surface area contributed by atoms with E-state index in [0.717, 1.165) is 32.6 Å². The molecule has 0 radical (unpaired) electrons. The summed E-state index contributed by atoms with van der Waals surface area (Å²) in [5.74, 6) is 0. The third-order valence-corrected chi connectivity index (χ3v) is 3.31. The van der Waals surface area contributed by atoms with E-state index in [1.165, 1.54) is 16.8 Å². The monoisotopic (exact) mass is 229 g/mol. The molecule has 1 aromatic carbocycles. The molecule has 0 atom stereocenters. The molecule has 0 bridgehead atoms. The highest BCUT2D eigenvalue weighted by atomic mass is 15.1. The standard InChI is InChI=1S/C14H19N3/c1-2-17(10-4-8-15)11-13-6-3-5-12-7-9-16-14(12)13/h3,5-6,16H,2,4,7,9-11H2,1H3. The van der Waals surface area contributed by atoms with Gasteiger partial charge >= 0.3 is 0 Å². The summed E-state index contributed by atoms with van der Waals surface area (Å²) < 4.78 is 0. The highest BCUT2D eigenvalue weighted by molar-refractivity contribution is 5.61. The van der Waals surface area contributed by atoms with Gasteiger partial charge in [0, 0.05) is 31.7 Å². The lowest BCUT2D eigenvalue weighted by molar-refractivity contribution is 0.287. The van der Waals surface area contributed by atoms with Crippen LogP contribution in [0.3, 0.4) is 0 Å². The van der Waals surface area contributed by atoms with Gasteiger partial charge in [0.1, 0.15) is 0 Å². The summed E-state index contributed by atoms with van der Waals surface area (Å²) >= 11 is 0. The zero-order chi connectivity index (χ0) is 12.1. The maximum absolute atomic E-state index is 8.64. The van der Waals surface area contributed by atoms with E-state index in [0.29, 0.717) is 6.42 Å². The molecule has 0 saturated carbocycles. The van der Waals surface area contributed by atoms with Gasteiger partial charge < -0.3 is 5.32 Å². The molecule has 0 fully saturated rings. The van der Waals surface area contributed by atoms with Crippen molar-refractivity contribution in [2.45, 2.75) is 26.3 Å². The van der Waals surface area contributed by atoms with Crippen LogP contribution in [0, 0.1) is 11.3 Å². The topological polar surface area (TPSA) is 39.1 Å². The van der Waals surface area contributed by atoms with E-state index >= 15 is 0 Å². The Morgan fingerprint density at radius 3 is 3.12 bits per heavy atom. The number of nitrogens with one attached hydrogen (secondary N) is 1. The summed E-state index contributed by atoms with van der Waals surface area (Å²) in [5.41, 5.74) is 4.11. The second-order valence-corrected chi connectivity index (χ2v) is 4.40. The van der Waals surface area contributed by atoms with Gasteiger partial charge in [-0.05, 0) is 24.1 Å². The van der Waals surface area contributed by atoms with Crippen molar-refractivity contribution in [1.82, 2.24) is 4.90 Å². The Morgan fingerprint density at radius 1 is 1.47 bits per heavy atom. The minimum atomic E-state index is 0.607. The molecule has 1 heterocycles. The molecule has 0 aliphatic carbocycles. The largest absolute Gasteiger partial charge is 0.384 e. The van der Waals surface area contributed by atoms with Crippen molar-refractivity contribution in [1.29, 1.82) is 5.26 Å². The molecule has 0 aromatic heterocycles. The smallest absolute Gasteiger partial charge is 0.0635 e. The summed E-state index contributed by atoms with van der Waals surface area (Å²) in [6, 6.07) is 8.74. The molecule has 0 amide bonds. The zero-order valence-electron chi connectivity index (χ0n) is 10.4. The lowest BCUT2D eigenvalue weighted by atomic mass is 10.1. The van der Waals surface area contributed by atoms with Crippen LogP contribution in [0.2, 0.25) is 0 Å². The average Bonchev–Trinajstić information content (AvgIpc) is 2.83. The van der Waals surface area contributed by atoms with Crippen LogP contribution in [0.25, 0.3) is 0 Å². The van der Waals surface area contributed by atoms with Crippen molar-refractivity contribution in [3.63, 3.8) is 0 Å². The molecular weight excluding hydrogens is 210 g/mol. The average molecular weight is 229 g/mol. The molecule has 90 valence electrons. The van der Waals surface area contributed by atoms with Gasteiger partial charge in [0.25, 0.3) is 0 Å². The predicted octanol–water partition coefficient (Wildman–Crippen LogP) is 2.39. The molecule has 0 spiro atoms. The highest BCUT2D eigenvalue weighted by Crippen LogP contribution is 2.27. The minimum absolute atomic E-state index is 0.607. The Morgan fingerprint density at radius 2 is 2.35 bits per heavy atom. The molecular formula is C14H19N3. The van der Waals surface area contributed by atoms with E-state index in [2.05, 4.69) is 41.4 Å². The Hall–Kier alpha value is -1.53. The predicted molar refractivity (Wildman–Crippen MR) is 69.8 cm³/mol. The Bertz CT molecular complexity index is 420. The van der Waals surface area contributed by atoms with Gasteiger partial charge in [-0.2, -0.15) is 5.26 Å². The SMILES string of the molecule is CCN(CCC#N)Cc1cccc2c1NCC2. The van der Waals surface area contributed by atoms with Crippen molar-refractivity contribution < 1.29 is 0 Å². The van der Waals surface area contributed by atoms with Crippen LogP contribution < -0.4 is 5.32 Å². The molecule has 0 saturated heterocycles. The summed E-state index contributed by atoms with van der Waals surface area (Å²) in [6.07, 6.45) is 1.74. The Kier molecular flexibility index (Phi) is 4.00. The second kappa shape index (κ2) is 5.70. The number of nitriles is 1. The highest BCUT2D eigenvalue weighted by Gasteiger charge is 2.14. The lowest BCUT2D eigenvalue weighted by Gasteiger charge is -2.20. The van der Waals surface area contributed by atoms with Gasteiger partial charge in [0.15, 0.2) is 0 Å². The molecule has 3 heteroatoms. The number of fused-ring (bicyclic) bond motifs is 1. The maximum atomic E-state index is 8.64. The zero-order valence-corrected chi connectivity index (χ0v) is 10.4. The van der Waals surface area contributed by atoms with Gasteiger partial charge in [-0.1, -0.05) is 25.1 Å². The summed E-state index contributed by atoms with van der Waals surface area (Å²) in [6.45, 7) is 5.99. The van der Waals surface area contributed by atoms with Crippen LogP contribution in [0.15, 0.2) is 18.2 Å². The number of rotatable bonds is 5. The van der Waals surface area contributed by atoms with Gasteiger partial charge in [0.2, 0.25) is 0 Å². The Balaban J connectivity index is 2.07. The van der Waals surface area contributed by atoms with Gasteiger partial charge in [-0.3, -0.25) is 4.90 Å². The van der Waals surface area contributed by atoms with E-state index < -0.39 is 0 Å². The first kappa shape index (κ1) is 11.9. The minimum Gasteiger partial charge on any atom is -0.384 e. The number of nitrogens with zero attached hydrogens (tertiary/aromatic N) is 2. The lowest BCUT2D eigenvalue weighted by Crippen LogP contribution is -2.24. The van der Waals surface area contributed by atoms with Crippen molar-refractivity contribution in [2.24, 2.45) is 0 Å². The first-order valence-corrected chi connectivity index (χ1v) is 6.29.